The summed E-state index contributed by atoms with van der Waals surface area (Å²) in [6, 6.07) is 13.9. The van der Waals surface area contributed by atoms with Crippen molar-refractivity contribution in [2.45, 2.75) is 39.0 Å². The van der Waals surface area contributed by atoms with Crippen LogP contribution in [0.15, 0.2) is 42.6 Å². The van der Waals surface area contributed by atoms with E-state index in [0.29, 0.717) is 15.0 Å². The number of aromatic nitrogens is 1. The van der Waals surface area contributed by atoms with Crippen molar-refractivity contribution in [3.8, 4) is 11.3 Å². The van der Waals surface area contributed by atoms with E-state index in [0.717, 1.165) is 5.92 Å². The molecule has 1 aromatic heterocycles. The second-order valence-corrected chi connectivity index (χ2v) is 9.91. The van der Waals surface area contributed by atoms with E-state index in [-0.39, 0.29) is 0 Å². The number of hydrogen-bond donors (Lipinski definition) is 0. The summed E-state index contributed by atoms with van der Waals surface area (Å²) in [6.45, 7) is 2.28. The molecular formula is C23H24NSe+. The SMILES string of the molecule is Cc1ccc2cccc3c2c1-c1c(c(CC2CCCC2)cc[n+]1C)[Se]3. The van der Waals surface area contributed by atoms with Crippen LogP contribution >= 0.6 is 0 Å². The van der Waals surface area contributed by atoms with Gasteiger partial charge < -0.3 is 0 Å². The molecule has 1 aliphatic heterocycles. The molecule has 5 rings (SSSR count). The summed E-state index contributed by atoms with van der Waals surface area (Å²) in [5, 5.41) is 2.90. The van der Waals surface area contributed by atoms with Gasteiger partial charge in [0, 0.05) is 0 Å². The molecule has 1 fully saturated rings. The average molecular weight is 393 g/mol. The number of aryl methyl sites for hydroxylation is 2. The van der Waals surface area contributed by atoms with Gasteiger partial charge in [-0.05, 0) is 0 Å². The molecular weight excluding hydrogens is 369 g/mol. The van der Waals surface area contributed by atoms with Crippen molar-refractivity contribution in [1.82, 2.24) is 0 Å². The van der Waals surface area contributed by atoms with Crippen LogP contribution in [0.25, 0.3) is 22.0 Å². The number of rotatable bonds is 2. The van der Waals surface area contributed by atoms with Crippen molar-refractivity contribution >= 4 is 34.7 Å². The predicted molar refractivity (Wildman–Crippen MR) is 106 cm³/mol. The fraction of sp³-hybridized carbons (Fsp3) is 0.348. The molecule has 3 aromatic rings. The van der Waals surface area contributed by atoms with Crippen LogP contribution in [0, 0.1) is 12.8 Å². The Balaban J connectivity index is 1.76. The third-order valence-electron chi connectivity index (χ3n) is 6.01. The second kappa shape index (κ2) is 5.97. The van der Waals surface area contributed by atoms with Crippen LogP contribution in [0.4, 0.5) is 0 Å². The van der Waals surface area contributed by atoms with Gasteiger partial charge >= 0.3 is 156 Å². The first kappa shape index (κ1) is 15.6. The van der Waals surface area contributed by atoms with Crippen LogP contribution in [-0.4, -0.2) is 15.0 Å². The summed E-state index contributed by atoms with van der Waals surface area (Å²) in [5.74, 6) is 0.904. The number of hydrogen-bond acceptors (Lipinski definition) is 0. The topological polar surface area (TPSA) is 3.88 Å². The molecule has 2 heteroatoms. The fourth-order valence-corrected chi connectivity index (χ4v) is 7.46. The molecule has 1 saturated carbocycles. The first-order valence-electron chi connectivity index (χ1n) is 9.44. The Kier molecular flexibility index (Phi) is 3.73. The quantitative estimate of drug-likeness (QED) is 0.363. The first-order chi connectivity index (χ1) is 12.2. The van der Waals surface area contributed by atoms with Crippen LogP contribution < -0.4 is 13.5 Å². The maximum absolute atomic E-state index is 2.41. The van der Waals surface area contributed by atoms with Crippen LogP contribution in [0.1, 0.15) is 36.8 Å². The molecule has 0 N–H and O–H groups in total. The molecule has 1 aliphatic carbocycles. The van der Waals surface area contributed by atoms with E-state index in [9.17, 15) is 0 Å². The van der Waals surface area contributed by atoms with Crippen LogP contribution in [0.3, 0.4) is 0 Å². The molecule has 25 heavy (non-hydrogen) atoms. The predicted octanol–water partition coefficient (Wildman–Crippen LogP) is 3.34. The van der Waals surface area contributed by atoms with Crippen LogP contribution in [-0.2, 0) is 13.5 Å². The number of fused-ring (bicyclic) bond motifs is 2. The molecule has 0 amide bonds. The molecule has 0 saturated heterocycles. The Bertz CT molecular complexity index is 983. The van der Waals surface area contributed by atoms with Crippen molar-refractivity contribution < 1.29 is 4.57 Å². The van der Waals surface area contributed by atoms with E-state index in [1.54, 1.807) is 14.5 Å². The van der Waals surface area contributed by atoms with Crippen molar-refractivity contribution in [3.05, 3.63) is 53.7 Å². The van der Waals surface area contributed by atoms with Crippen molar-refractivity contribution in [2.24, 2.45) is 13.0 Å². The maximum atomic E-state index is 2.41. The fourth-order valence-electron chi connectivity index (χ4n) is 4.70. The molecule has 2 heterocycles. The zero-order valence-electron chi connectivity index (χ0n) is 15.0. The van der Waals surface area contributed by atoms with E-state index in [1.165, 1.54) is 59.7 Å². The minimum atomic E-state index is 0.405. The van der Waals surface area contributed by atoms with Gasteiger partial charge in [0.1, 0.15) is 0 Å². The van der Waals surface area contributed by atoms with Gasteiger partial charge in [-0.2, -0.15) is 0 Å². The Morgan fingerprint density at radius 2 is 1.92 bits per heavy atom. The van der Waals surface area contributed by atoms with Crippen LogP contribution in [0.2, 0.25) is 0 Å². The van der Waals surface area contributed by atoms with Gasteiger partial charge in [-0.1, -0.05) is 0 Å². The van der Waals surface area contributed by atoms with E-state index in [2.05, 4.69) is 61.1 Å². The van der Waals surface area contributed by atoms with Crippen molar-refractivity contribution in [2.75, 3.05) is 0 Å². The van der Waals surface area contributed by atoms with Gasteiger partial charge in [-0.15, -0.1) is 0 Å². The number of benzene rings is 2. The zero-order chi connectivity index (χ0) is 17.0. The van der Waals surface area contributed by atoms with E-state index < -0.39 is 0 Å². The van der Waals surface area contributed by atoms with Gasteiger partial charge in [0.05, 0.1) is 0 Å². The van der Waals surface area contributed by atoms with E-state index in [1.807, 2.05) is 0 Å². The Hall–Kier alpha value is -1.63. The zero-order valence-corrected chi connectivity index (χ0v) is 16.7. The molecule has 0 atom stereocenters. The van der Waals surface area contributed by atoms with Crippen molar-refractivity contribution in [3.63, 3.8) is 0 Å². The molecule has 1 nitrogen and oxygen atoms in total. The summed E-state index contributed by atoms with van der Waals surface area (Å²) < 4.78 is 5.57. The van der Waals surface area contributed by atoms with Gasteiger partial charge in [0.25, 0.3) is 0 Å². The monoisotopic (exact) mass is 394 g/mol. The first-order valence-corrected chi connectivity index (χ1v) is 11.2. The molecule has 0 unspecified atom stereocenters. The van der Waals surface area contributed by atoms with Crippen molar-refractivity contribution in [1.29, 1.82) is 0 Å². The van der Waals surface area contributed by atoms with E-state index >= 15 is 0 Å². The Morgan fingerprint density at radius 3 is 2.76 bits per heavy atom. The van der Waals surface area contributed by atoms with Gasteiger partial charge in [0.15, 0.2) is 0 Å². The van der Waals surface area contributed by atoms with Gasteiger partial charge in [-0.25, -0.2) is 0 Å². The summed E-state index contributed by atoms with van der Waals surface area (Å²) >= 11 is 0.405. The van der Waals surface area contributed by atoms with E-state index in [4.69, 9.17) is 0 Å². The normalized spacial score (nSPS) is 16.4. The summed E-state index contributed by atoms with van der Waals surface area (Å²) in [5.41, 5.74) is 5.99. The number of pyridine rings is 1. The Labute approximate surface area is 156 Å². The Morgan fingerprint density at radius 1 is 1.08 bits per heavy atom. The second-order valence-electron chi connectivity index (χ2n) is 7.70. The molecule has 0 bridgehead atoms. The van der Waals surface area contributed by atoms with Crippen LogP contribution in [0.5, 0.6) is 0 Å². The molecule has 0 spiro atoms. The molecule has 2 aromatic carbocycles. The minimum absolute atomic E-state index is 0.405. The van der Waals surface area contributed by atoms with Gasteiger partial charge in [0.2, 0.25) is 0 Å². The molecule has 126 valence electrons. The summed E-state index contributed by atoms with van der Waals surface area (Å²) in [7, 11) is 2.22. The van der Waals surface area contributed by atoms with Gasteiger partial charge in [-0.3, -0.25) is 0 Å². The number of nitrogens with zero attached hydrogens (tertiary/aromatic N) is 1. The molecule has 2 aliphatic rings. The third-order valence-corrected chi connectivity index (χ3v) is 8.57. The molecule has 0 radical (unpaired) electrons. The summed E-state index contributed by atoms with van der Waals surface area (Å²) in [6.07, 6.45) is 9.29. The standard InChI is InChI=1S/C23H24NSe/c1-15-10-11-17-8-5-9-19-21(17)20(15)22-23(25-19)18(12-13-24(22)2)14-16-6-3-4-7-16/h5,8-13,16H,3-4,6-7,14H2,1-2H3/q+1. The third kappa shape index (κ3) is 2.46. The summed E-state index contributed by atoms with van der Waals surface area (Å²) in [4.78, 5) is 0. The average Bonchev–Trinajstić information content (AvgIpc) is 3.13.